The van der Waals surface area contributed by atoms with Crippen molar-refractivity contribution in [1.82, 2.24) is 20.5 Å². The molecule has 5 amide bonds. The van der Waals surface area contributed by atoms with E-state index in [1.54, 1.807) is 30.6 Å². The third-order valence-corrected chi connectivity index (χ3v) is 6.81. The van der Waals surface area contributed by atoms with Gasteiger partial charge in [-0.15, -0.1) is 0 Å². The number of nitrogens with one attached hydrogen (secondary N) is 3. The third-order valence-electron chi connectivity index (χ3n) is 6.81. The van der Waals surface area contributed by atoms with Crippen molar-refractivity contribution < 1.29 is 19.2 Å². The molecule has 9 nitrogen and oxygen atoms in total. The predicted molar refractivity (Wildman–Crippen MR) is 137 cm³/mol. The lowest BCUT2D eigenvalue weighted by Crippen LogP contribution is -2.52. The molecule has 5 rings (SSSR count). The number of rotatable bonds is 5. The summed E-state index contributed by atoms with van der Waals surface area (Å²) in [5.41, 5.74) is 4.09. The molecule has 0 radical (unpaired) electrons. The summed E-state index contributed by atoms with van der Waals surface area (Å²) in [7, 11) is 0. The first-order valence-electron chi connectivity index (χ1n) is 12.1. The maximum Gasteiger partial charge on any atom is 0.319 e. The third kappa shape index (κ3) is 4.93. The number of fused-ring (bicyclic) bond motifs is 1. The Morgan fingerprint density at radius 2 is 1.81 bits per heavy atom. The van der Waals surface area contributed by atoms with E-state index in [0.717, 1.165) is 22.3 Å². The molecule has 0 bridgehead atoms. The van der Waals surface area contributed by atoms with Crippen molar-refractivity contribution in [1.29, 1.82) is 0 Å². The summed E-state index contributed by atoms with van der Waals surface area (Å²) in [5, 5.41) is 8.18. The van der Waals surface area contributed by atoms with E-state index < -0.39 is 17.5 Å². The molecule has 1 saturated heterocycles. The molecule has 2 aliphatic rings. The van der Waals surface area contributed by atoms with E-state index in [1.807, 2.05) is 50.2 Å². The van der Waals surface area contributed by atoms with E-state index in [0.29, 0.717) is 17.7 Å². The van der Waals surface area contributed by atoms with Crippen molar-refractivity contribution in [3.05, 3.63) is 83.7 Å². The van der Waals surface area contributed by atoms with Crippen LogP contribution in [0.15, 0.2) is 67.0 Å². The minimum Gasteiger partial charge on any atom is -0.329 e. The number of hydrogen-bond acceptors (Lipinski definition) is 5. The molecular weight excluding hydrogens is 470 g/mol. The normalized spacial score (nSPS) is 17.3. The molecule has 0 saturated carbocycles. The zero-order chi connectivity index (χ0) is 26.2. The standard InChI is InChI=1S/C28H27N5O4/c1-28(2,20-5-3-4-18(14-20)17-10-12-29-13-11-17)32-27(37)30-21-6-7-22-19(15-21)16-33(26(22)36)23-8-9-24(34)31-25(23)35/h3-7,10-15,23H,8-9,16H2,1-2H3,(H2,30,32,37)(H,31,34,35). The molecule has 0 spiro atoms. The van der Waals surface area contributed by atoms with Gasteiger partial charge in [-0.05, 0) is 78.9 Å². The Bertz CT molecular complexity index is 1400. The summed E-state index contributed by atoms with van der Waals surface area (Å²) in [6.07, 6.45) is 3.99. The smallest absolute Gasteiger partial charge is 0.319 e. The van der Waals surface area contributed by atoms with Gasteiger partial charge >= 0.3 is 6.03 Å². The molecule has 1 atom stereocenters. The van der Waals surface area contributed by atoms with Crippen LogP contribution in [0.5, 0.6) is 0 Å². The van der Waals surface area contributed by atoms with Gasteiger partial charge in [0.25, 0.3) is 5.91 Å². The number of piperidine rings is 1. The van der Waals surface area contributed by atoms with Crippen molar-refractivity contribution in [3.63, 3.8) is 0 Å². The highest BCUT2D eigenvalue weighted by Crippen LogP contribution is 2.30. The highest BCUT2D eigenvalue weighted by molar-refractivity contribution is 6.05. The predicted octanol–water partition coefficient (Wildman–Crippen LogP) is 3.57. The number of imide groups is 1. The average molecular weight is 498 g/mol. The van der Waals surface area contributed by atoms with Gasteiger partial charge < -0.3 is 15.5 Å². The van der Waals surface area contributed by atoms with Crippen molar-refractivity contribution >= 4 is 29.4 Å². The van der Waals surface area contributed by atoms with E-state index in [-0.39, 0.29) is 30.8 Å². The van der Waals surface area contributed by atoms with E-state index in [1.165, 1.54) is 4.90 Å². The fourth-order valence-corrected chi connectivity index (χ4v) is 4.80. The second kappa shape index (κ2) is 9.50. The number of anilines is 1. The van der Waals surface area contributed by atoms with Gasteiger partial charge in [0, 0.05) is 36.6 Å². The molecule has 3 N–H and O–H groups in total. The van der Waals surface area contributed by atoms with Crippen molar-refractivity contribution in [3.8, 4) is 11.1 Å². The number of carbonyl (C=O) groups is 4. The van der Waals surface area contributed by atoms with Crippen LogP contribution >= 0.6 is 0 Å². The summed E-state index contributed by atoms with van der Waals surface area (Å²) < 4.78 is 0. The fraction of sp³-hybridized carbons (Fsp3) is 0.250. The molecule has 2 aliphatic heterocycles. The van der Waals surface area contributed by atoms with Crippen LogP contribution in [0.3, 0.4) is 0 Å². The lowest BCUT2D eigenvalue weighted by atomic mass is 9.91. The number of carbonyl (C=O) groups excluding carboxylic acids is 4. The lowest BCUT2D eigenvalue weighted by molar-refractivity contribution is -0.136. The van der Waals surface area contributed by atoms with Crippen LogP contribution in [-0.4, -0.2) is 39.7 Å². The number of nitrogens with zero attached hydrogens (tertiary/aromatic N) is 2. The summed E-state index contributed by atoms with van der Waals surface area (Å²) in [6, 6.07) is 15.9. The van der Waals surface area contributed by atoms with Gasteiger partial charge in [0.2, 0.25) is 11.8 Å². The average Bonchev–Trinajstić information content (AvgIpc) is 3.19. The SMILES string of the molecule is CC(C)(NC(=O)Nc1ccc2c(c1)CN(C1CCC(=O)NC1=O)C2=O)c1cccc(-c2ccncc2)c1. The molecule has 3 heterocycles. The van der Waals surface area contributed by atoms with Crippen LogP contribution in [-0.2, 0) is 21.7 Å². The summed E-state index contributed by atoms with van der Waals surface area (Å²) in [5.74, 6) is -1.03. The number of hydrogen-bond donors (Lipinski definition) is 3. The van der Waals surface area contributed by atoms with E-state index in [4.69, 9.17) is 0 Å². The van der Waals surface area contributed by atoms with Gasteiger partial charge in [-0.3, -0.25) is 24.7 Å². The van der Waals surface area contributed by atoms with Crippen LogP contribution < -0.4 is 16.0 Å². The Hall–Kier alpha value is -4.53. The number of pyridine rings is 1. The first kappa shape index (κ1) is 24.2. The molecule has 1 unspecified atom stereocenters. The molecule has 188 valence electrons. The van der Waals surface area contributed by atoms with Crippen LogP contribution in [0, 0.1) is 0 Å². The van der Waals surface area contributed by atoms with Gasteiger partial charge in [0.15, 0.2) is 0 Å². The number of urea groups is 1. The van der Waals surface area contributed by atoms with E-state index in [2.05, 4.69) is 20.9 Å². The minimum absolute atomic E-state index is 0.199. The molecule has 2 aromatic carbocycles. The van der Waals surface area contributed by atoms with Gasteiger partial charge in [-0.2, -0.15) is 0 Å². The van der Waals surface area contributed by atoms with Gasteiger partial charge in [-0.25, -0.2) is 4.79 Å². The number of benzene rings is 2. The quantitative estimate of drug-likeness (QED) is 0.466. The number of aromatic nitrogens is 1. The zero-order valence-corrected chi connectivity index (χ0v) is 20.6. The van der Waals surface area contributed by atoms with Crippen LogP contribution in [0.4, 0.5) is 10.5 Å². The Labute approximate surface area is 214 Å². The fourth-order valence-electron chi connectivity index (χ4n) is 4.80. The molecule has 0 aliphatic carbocycles. The summed E-state index contributed by atoms with van der Waals surface area (Å²) >= 11 is 0. The van der Waals surface area contributed by atoms with E-state index in [9.17, 15) is 19.2 Å². The largest absolute Gasteiger partial charge is 0.329 e. The van der Waals surface area contributed by atoms with Gasteiger partial charge in [-0.1, -0.05) is 18.2 Å². The topological polar surface area (TPSA) is 120 Å². The Balaban J connectivity index is 1.26. The van der Waals surface area contributed by atoms with Crippen LogP contribution in [0.2, 0.25) is 0 Å². The highest BCUT2D eigenvalue weighted by atomic mass is 16.2. The first-order chi connectivity index (χ1) is 17.7. The van der Waals surface area contributed by atoms with Crippen LogP contribution in [0.1, 0.15) is 48.2 Å². The van der Waals surface area contributed by atoms with E-state index >= 15 is 0 Å². The van der Waals surface area contributed by atoms with Crippen molar-refractivity contribution in [2.45, 2.75) is 44.8 Å². The zero-order valence-electron chi connectivity index (χ0n) is 20.6. The summed E-state index contributed by atoms with van der Waals surface area (Å²) in [6.45, 7) is 4.10. The monoisotopic (exact) mass is 497 g/mol. The Morgan fingerprint density at radius 3 is 2.57 bits per heavy atom. The summed E-state index contributed by atoms with van der Waals surface area (Å²) in [4.78, 5) is 55.1. The highest BCUT2D eigenvalue weighted by Gasteiger charge is 2.39. The second-order valence-electron chi connectivity index (χ2n) is 9.79. The maximum absolute atomic E-state index is 12.9. The molecule has 37 heavy (non-hydrogen) atoms. The lowest BCUT2D eigenvalue weighted by Gasteiger charge is -2.29. The molecule has 1 fully saturated rings. The van der Waals surface area contributed by atoms with Gasteiger partial charge in [0.1, 0.15) is 6.04 Å². The molecule has 1 aromatic heterocycles. The Kier molecular flexibility index (Phi) is 6.20. The molecule has 9 heteroatoms. The maximum atomic E-state index is 12.9. The molecule has 3 aromatic rings. The minimum atomic E-state index is -0.680. The second-order valence-corrected chi connectivity index (χ2v) is 9.79. The Morgan fingerprint density at radius 1 is 1.03 bits per heavy atom. The first-order valence-corrected chi connectivity index (χ1v) is 12.1. The molecular formula is C28H27N5O4. The van der Waals surface area contributed by atoms with Gasteiger partial charge in [0.05, 0.1) is 5.54 Å². The van der Waals surface area contributed by atoms with Crippen LogP contribution in [0.25, 0.3) is 11.1 Å². The number of amides is 5. The van der Waals surface area contributed by atoms with Crippen molar-refractivity contribution in [2.24, 2.45) is 0 Å². The van der Waals surface area contributed by atoms with Crippen molar-refractivity contribution in [2.75, 3.05) is 5.32 Å².